The number of nitrogens with one attached hydrogen (secondary N) is 1. The third-order valence-electron chi connectivity index (χ3n) is 5.43. The number of anilines is 1. The molecule has 2 aromatic rings. The Morgan fingerprint density at radius 1 is 1.08 bits per heavy atom. The van der Waals surface area contributed by atoms with E-state index in [1.807, 2.05) is 39.0 Å². The Labute approximate surface area is 220 Å². The average Bonchev–Trinajstić information content (AvgIpc) is 3.12. The number of hydrogen-bond donors (Lipinski definition) is 1. The Hall–Kier alpha value is -3.79. The Morgan fingerprint density at radius 2 is 1.86 bits per heavy atom. The van der Waals surface area contributed by atoms with E-state index >= 15 is 0 Å². The molecule has 10 heteroatoms. The molecule has 0 radical (unpaired) electrons. The number of benzene rings is 2. The van der Waals surface area contributed by atoms with Crippen molar-refractivity contribution in [2.75, 3.05) is 32.2 Å². The molecular weight excluding hydrogens is 496 g/mol. The van der Waals surface area contributed by atoms with E-state index in [9.17, 15) is 19.2 Å². The minimum atomic E-state index is -0.623. The van der Waals surface area contributed by atoms with Crippen molar-refractivity contribution in [1.82, 2.24) is 4.90 Å². The zero-order chi connectivity index (χ0) is 26.9. The van der Waals surface area contributed by atoms with Crippen LogP contribution in [0.25, 0.3) is 6.08 Å². The maximum absolute atomic E-state index is 12.7. The van der Waals surface area contributed by atoms with Crippen molar-refractivity contribution in [3.05, 3.63) is 58.0 Å². The van der Waals surface area contributed by atoms with Crippen molar-refractivity contribution in [3.8, 4) is 11.5 Å². The fourth-order valence-electron chi connectivity index (χ4n) is 3.39. The first-order valence-electron chi connectivity index (χ1n) is 11.8. The zero-order valence-corrected chi connectivity index (χ0v) is 22.1. The molecule has 196 valence electrons. The Morgan fingerprint density at radius 3 is 2.59 bits per heavy atom. The van der Waals surface area contributed by atoms with Gasteiger partial charge < -0.3 is 19.5 Å². The third kappa shape index (κ3) is 7.60. The van der Waals surface area contributed by atoms with Gasteiger partial charge in [0, 0.05) is 5.69 Å². The number of carbonyl (C=O) groups is 4. The summed E-state index contributed by atoms with van der Waals surface area (Å²) in [5.74, 6) is -0.806. The van der Waals surface area contributed by atoms with Crippen LogP contribution in [0.2, 0.25) is 0 Å². The van der Waals surface area contributed by atoms with Gasteiger partial charge in [-0.05, 0) is 73.0 Å². The van der Waals surface area contributed by atoms with Crippen LogP contribution in [0.15, 0.2) is 41.3 Å². The summed E-state index contributed by atoms with van der Waals surface area (Å²) in [5.41, 5.74) is 3.28. The fourth-order valence-corrected chi connectivity index (χ4v) is 4.22. The largest absolute Gasteiger partial charge is 0.493 e. The molecule has 9 nitrogen and oxygen atoms in total. The molecule has 0 bridgehead atoms. The molecule has 1 saturated heterocycles. The highest BCUT2D eigenvalue weighted by Gasteiger charge is 2.36. The number of nitrogens with zero attached hydrogens (tertiary/aromatic N) is 1. The molecule has 1 N–H and O–H groups in total. The van der Waals surface area contributed by atoms with Crippen LogP contribution in [0.5, 0.6) is 11.5 Å². The normalized spacial score (nSPS) is 14.2. The second-order valence-electron chi connectivity index (χ2n) is 8.41. The van der Waals surface area contributed by atoms with Gasteiger partial charge in [-0.25, -0.2) is 0 Å². The number of carbonyl (C=O) groups excluding carboxylic acids is 4. The van der Waals surface area contributed by atoms with Crippen LogP contribution < -0.4 is 14.8 Å². The summed E-state index contributed by atoms with van der Waals surface area (Å²) < 4.78 is 16.1. The van der Waals surface area contributed by atoms with Crippen LogP contribution in [-0.2, 0) is 19.1 Å². The number of ether oxygens (including phenoxy) is 3. The molecular formula is C27H30N2O7S. The highest BCUT2D eigenvalue weighted by Crippen LogP contribution is 2.34. The van der Waals surface area contributed by atoms with Gasteiger partial charge in [0.05, 0.1) is 18.6 Å². The van der Waals surface area contributed by atoms with E-state index in [0.717, 1.165) is 39.9 Å². The maximum Gasteiger partial charge on any atom is 0.326 e. The van der Waals surface area contributed by atoms with E-state index in [-0.39, 0.29) is 24.0 Å². The molecule has 0 atom stereocenters. The van der Waals surface area contributed by atoms with Gasteiger partial charge in [-0.3, -0.25) is 24.1 Å². The lowest BCUT2D eigenvalue weighted by molar-refractivity contribution is -0.146. The van der Waals surface area contributed by atoms with Gasteiger partial charge in [0.1, 0.15) is 6.54 Å². The van der Waals surface area contributed by atoms with Crippen molar-refractivity contribution in [2.24, 2.45) is 0 Å². The number of thioether (sulfide) groups is 1. The monoisotopic (exact) mass is 526 g/mol. The molecule has 2 aromatic carbocycles. The standard InChI is InChI=1S/C27H30N2O7S/c1-5-6-11-35-25(31)15-29-26(32)23(37-27(29)33)14-19-9-10-21(22(13-19)34-4)36-16-24(30)28-20-12-17(2)7-8-18(20)3/h7-10,12-14H,5-6,11,15-16H2,1-4H3,(H,28,30)/b23-14+. The molecule has 1 fully saturated rings. The second kappa shape index (κ2) is 13.0. The van der Waals surface area contributed by atoms with Gasteiger partial charge in [0.15, 0.2) is 18.1 Å². The number of unbranched alkanes of at least 4 members (excludes halogenated alkanes) is 1. The Balaban J connectivity index is 1.63. The van der Waals surface area contributed by atoms with E-state index in [1.165, 1.54) is 13.2 Å². The van der Waals surface area contributed by atoms with E-state index in [1.54, 1.807) is 18.2 Å². The topological polar surface area (TPSA) is 111 Å². The molecule has 1 aliphatic heterocycles. The van der Waals surface area contributed by atoms with Crippen LogP contribution >= 0.6 is 11.8 Å². The molecule has 0 spiro atoms. The second-order valence-corrected chi connectivity index (χ2v) is 9.40. The molecule has 37 heavy (non-hydrogen) atoms. The summed E-state index contributed by atoms with van der Waals surface area (Å²) in [7, 11) is 1.46. The smallest absolute Gasteiger partial charge is 0.326 e. The highest BCUT2D eigenvalue weighted by molar-refractivity contribution is 8.18. The number of hydrogen-bond acceptors (Lipinski definition) is 8. The van der Waals surface area contributed by atoms with Gasteiger partial charge in [0.2, 0.25) is 0 Å². The van der Waals surface area contributed by atoms with E-state index < -0.39 is 23.7 Å². The summed E-state index contributed by atoms with van der Waals surface area (Å²) in [6.45, 7) is 5.42. The first kappa shape index (κ1) is 27.8. The molecule has 1 heterocycles. The Bertz CT molecular complexity index is 1230. The maximum atomic E-state index is 12.7. The van der Waals surface area contributed by atoms with Gasteiger partial charge in [0.25, 0.3) is 17.1 Å². The van der Waals surface area contributed by atoms with Gasteiger partial charge in [-0.1, -0.05) is 31.5 Å². The zero-order valence-electron chi connectivity index (χ0n) is 21.3. The molecule has 0 aromatic heterocycles. The number of imide groups is 1. The highest BCUT2D eigenvalue weighted by atomic mass is 32.2. The van der Waals surface area contributed by atoms with E-state index in [0.29, 0.717) is 23.5 Å². The summed E-state index contributed by atoms with van der Waals surface area (Å²) >= 11 is 0.748. The SMILES string of the molecule is CCCCOC(=O)CN1C(=O)S/C(=C/c2ccc(OCC(=O)Nc3cc(C)ccc3C)c(OC)c2)C1=O. The number of methoxy groups -OCH3 is 1. The number of esters is 1. The van der Waals surface area contributed by atoms with Crippen molar-refractivity contribution in [1.29, 1.82) is 0 Å². The predicted octanol–water partition coefficient (Wildman–Crippen LogP) is 4.71. The van der Waals surface area contributed by atoms with E-state index in [2.05, 4.69) is 5.32 Å². The van der Waals surface area contributed by atoms with Crippen molar-refractivity contribution < 1.29 is 33.4 Å². The lowest BCUT2D eigenvalue weighted by atomic mass is 10.1. The molecule has 0 unspecified atom stereocenters. The first-order valence-corrected chi connectivity index (χ1v) is 12.6. The number of amides is 3. The van der Waals surface area contributed by atoms with Crippen LogP contribution in [-0.4, -0.2) is 54.8 Å². The minimum Gasteiger partial charge on any atom is -0.493 e. The van der Waals surface area contributed by atoms with Crippen LogP contribution in [0, 0.1) is 13.8 Å². The lowest BCUT2D eigenvalue weighted by Gasteiger charge is -2.13. The van der Waals surface area contributed by atoms with Gasteiger partial charge in [-0.15, -0.1) is 0 Å². The van der Waals surface area contributed by atoms with Crippen molar-refractivity contribution >= 4 is 46.5 Å². The number of aryl methyl sites for hydroxylation is 2. The lowest BCUT2D eigenvalue weighted by Crippen LogP contribution is -2.34. The Kier molecular flexibility index (Phi) is 9.73. The van der Waals surface area contributed by atoms with Gasteiger partial charge in [-0.2, -0.15) is 0 Å². The summed E-state index contributed by atoms with van der Waals surface area (Å²) in [5, 5.41) is 2.30. The van der Waals surface area contributed by atoms with Crippen LogP contribution in [0.3, 0.4) is 0 Å². The molecule has 3 rings (SSSR count). The minimum absolute atomic E-state index is 0.176. The quantitative estimate of drug-likeness (QED) is 0.255. The first-order chi connectivity index (χ1) is 17.7. The molecule has 3 amide bonds. The summed E-state index contributed by atoms with van der Waals surface area (Å²) in [6.07, 6.45) is 3.12. The molecule has 1 aliphatic rings. The third-order valence-corrected chi connectivity index (χ3v) is 6.34. The summed E-state index contributed by atoms with van der Waals surface area (Å²) in [4.78, 5) is 50.4. The predicted molar refractivity (Wildman–Crippen MR) is 142 cm³/mol. The fraction of sp³-hybridized carbons (Fsp3) is 0.333. The molecule has 0 aliphatic carbocycles. The van der Waals surface area contributed by atoms with Crippen LogP contribution in [0.1, 0.15) is 36.5 Å². The average molecular weight is 527 g/mol. The van der Waals surface area contributed by atoms with Crippen LogP contribution in [0.4, 0.5) is 10.5 Å². The molecule has 0 saturated carbocycles. The van der Waals surface area contributed by atoms with E-state index in [4.69, 9.17) is 14.2 Å². The van der Waals surface area contributed by atoms with Crippen molar-refractivity contribution in [2.45, 2.75) is 33.6 Å². The summed E-state index contributed by atoms with van der Waals surface area (Å²) in [6, 6.07) is 10.7. The van der Waals surface area contributed by atoms with Crippen molar-refractivity contribution in [3.63, 3.8) is 0 Å². The number of rotatable bonds is 11. The van der Waals surface area contributed by atoms with Gasteiger partial charge >= 0.3 is 5.97 Å².